The molecule has 4 aliphatic heterocycles. The minimum absolute atomic E-state index is 0.149. The van der Waals surface area contributed by atoms with Crippen molar-refractivity contribution in [3.05, 3.63) is 63.2 Å². The summed E-state index contributed by atoms with van der Waals surface area (Å²) < 4.78 is 0. The highest BCUT2D eigenvalue weighted by atomic mass is 16.6. The Morgan fingerprint density at radius 1 is 1.18 bits per heavy atom. The first-order chi connectivity index (χ1) is 16.3. The van der Waals surface area contributed by atoms with Gasteiger partial charge >= 0.3 is 0 Å². The third kappa shape index (κ3) is 2.34. The van der Waals surface area contributed by atoms with Crippen LogP contribution in [0.2, 0.25) is 0 Å². The molecule has 3 saturated heterocycles. The lowest BCUT2D eigenvalue weighted by molar-refractivity contribution is -0.385. The lowest BCUT2D eigenvalue weighted by Gasteiger charge is -2.37. The summed E-state index contributed by atoms with van der Waals surface area (Å²) in [7, 11) is 0. The van der Waals surface area contributed by atoms with E-state index in [1.54, 1.807) is 13.0 Å². The van der Waals surface area contributed by atoms with Crippen LogP contribution in [0.5, 0.6) is 0 Å². The molecule has 4 heterocycles. The van der Waals surface area contributed by atoms with E-state index in [1.807, 2.05) is 25.1 Å². The van der Waals surface area contributed by atoms with Crippen LogP contribution < -0.4 is 10.2 Å². The second-order valence-electron chi connectivity index (χ2n) is 9.55. The molecule has 3 amide bonds. The van der Waals surface area contributed by atoms with Gasteiger partial charge in [0.1, 0.15) is 5.54 Å². The Bertz CT molecular complexity index is 1310. The van der Waals surface area contributed by atoms with Crippen LogP contribution in [-0.4, -0.2) is 40.1 Å². The lowest BCUT2D eigenvalue weighted by atomic mass is 9.75. The van der Waals surface area contributed by atoms with Crippen molar-refractivity contribution in [3.63, 3.8) is 0 Å². The van der Waals surface area contributed by atoms with E-state index in [1.165, 1.54) is 12.1 Å². The minimum Gasteiger partial charge on any atom is -0.324 e. The summed E-state index contributed by atoms with van der Waals surface area (Å²) in [5.41, 5.74) is 1.58. The van der Waals surface area contributed by atoms with Crippen LogP contribution in [0.3, 0.4) is 0 Å². The van der Waals surface area contributed by atoms with Gasteiger partial charge < -0.3 is 5.32 Å². The maximum Gasteiger partial charge on any atom is 0.274 e. The number of amides is 3. The average Bonchev–Trinajstić information content (AvgIpc) is 3.52. The van der Waals surface area contributed by atoms with Crippen LogP contribution in [0.15, 0.2) is 36.4 Å². The third-order valence-electron chi connectivity index (χ3n) is 8.18. The molecule has 2 aromatic carbocycles. The maximum absolute atomic E-state index is 14.1. The number of nitrogens with one attached hydrogen (secondary N) is 1. The highest BCUT2D eigenvalue weighted by molar-refractivity contribution is 6.26. The lowest BCUT2D eigenvalue weighted by Crippen LogP contribution is -2.54. The topological polar surface area (TPSA) is 113 Å². The SMILES string of the molecule is CCc1ccc2c(c1)[C@]1(C(=O)N2)[C@@H]2C(=O)N(c3cccc([N+](=O)[O-])c3C)C(=O)[C@H]2[C@@H]2CCCN21. The van der Waals surface area contributed by atoms with E-state index in [2.05, 4.69) is 10.2 Å². The van der Waals surface area contributed by atoms with E-state index in [4.69, 9.17) is 0 Å². The number of carbonyl (C=O) groups excluding carboxylic acids is 3. The predicted octanol–water partition coefficient (Wildman–Crippen LogP) is 2.90. The van der Waals surface area contributed by atoms with Crippen LogP contribution in [0.4, 0.5) is 17.1 Å². The monoisotopic (exact) mass is 460 g/mol. The quantitative estimate of drug-likeness (QED) is 0.428. The van der Waals surface area contributed by atoms with Crippen LogP contribution in [-0.2, 0) is 26.3 Å². The number of imide groups is 1. The molecule has 0 aliphatic carbocycles. The molecule has 9 heteroatoms. The van der Waals surface area contributed by atoms with Crippen molar-refractivity contribution in [2.45, 2.75) is 44.7 Å². The first-order valence-corrected chi connectivity index (χ1v) is 11.7. The van der Waals surface area contributed by atoms with Gasteiger partial charge in [0.05, 0.1) is 28.0 Å². The summed E-state index contributed by atoms with van der Waals surface area (Å²) in [6.45, 7) is 4.22. The number of rotatable bonds is 3. The van der Waals surface area contributed by atoms with E-state index in [0.717, 1.165) is 35.3 Å². The average molecular weight is 460 g/mol. The van der Waals surface area contributed by atoms with Crippen molar-refractivity contribution in [2.24, 2.45) is 11.8 Å². The van der Waals surface area contributed by atoms with Crippen LogP contribution in [0, 0.1) is 28.9 Å². The molecule has 0 aromatic heterocycles. The van der Waals surface area contributed by atoms with Crippen LogP contribution in [0.1, 0.15) is 36.5 Å². The maximum atomic E-state index is 14.1. The molecule has 3 fully saturated rings. The number of hydrogen-bond donors (Lipinski definition) is 1. The van der Waals surface area contributed by atoms with Gasteiger partial charge in [0.25, 0.3) is 5.69 Å². The zero-order valence-corrected chi connectivity index (χ0v) is 18.9. The van der Waals surface area contributed by atoms with Gasteiger partial charge in [0.15, 0.2) is 0 Å². The number of nitro groups is 1. The number of aryl methyl sites for hydroxylation is 1. The van der Waals surface area contributed by atoms with Crippen molar-refractivity contribution in [3.8, 4) is 0 Å². The van der Waals surface area contributed by atoms with E-state index in [0.29, 0.717) is 12.2 Å². The summed E-state index contributed by atoms with van der Waals surface area (Å²) >= 11 is 0. The molecule has 0 radical (unpaired) electrons. The number of fused-ring (bicyclic) bond motifs is 7. The molecule has 174 valence electrons. The molecule has 6 rings (SSSR count). The Labute approximate surface area is 195 Å². The molecule has 0 saturated carbocycles. The van der Waals surface area contributed by atoms with Gasteiger partial charge in [-0.25, -0.2) is 4.90 Å². The van der Waals surface area contributed by atoms with Gasteiger partial charge in [-0.15, -0.1) is 0 Å². The fraction of sp³-hybridized carbons (Fsp3) is 0.400. The Morgan fingerprint density at radius 2 is 1.97 bits per heavy atom. The number of benzene rings is 2. The van der Waals surface area contributed by atoms with Crippen molar-refractivity contribution in [2.75, 3.05) is 16.8 Å². The van der Waals surface area contributed by atoms with E-state index in [-0.39, 0.29) is 34.8 Å². The van der Waals surface area contributed by atoms with Crippen molar-refractivity contribution in [1.29, 1.82) is 0 Å². The Balaban J connectivity index is 1.55. The normalized spacial score (nSPS) is 29.5. The van der Waals surface area contributed by atoms with Crippen LogP contribution in [0.25, 0.3) is 0 Å². The zero-order chi connectivity index (χ0) is 23.9. The van der Waals surface area contributed by atoms with Gasteiger partial charge in [-0.2, -0.15) is 0 Å². The highest BCUT2D eigenvalue weighted by Gasteiger charge is 2.74. The number of anilines is 2. The molecule has 1 spiro atoms. The van der Waals surface area contributed by atoms with Crippen molar-refractivity contribution < 1.29 is 19.3 Å². The van der Waals surface area contributed by atoms with Crippen LogP contribution >= 0.6 is 0 Å². The van der Waals surface area contributed by atoms with E-state index in [9.17, 15) is 24.5 Å². The molecular weight excluding hydrogens is 436 g/mol. The number of nitrogens with zero attached hydrogens (tertiary/aromatic N) is 3. The first kappa shape index (κ1) is 21.0. The Hall–Kier alpha value is -3.59. The third-order valence-corrected chi connectivity index (χ3v) is 8.18. The van der Waals surface area contributed by atoms with Gasteiger partial charge in [-0.05, 0) is 50.4 Å². The standard InChI is InChI=1S/C25H24N4O5/c1-3-14-9-10-16-15(12-14)25(24(32)26-16)21-20(19-8-5-11-27(19)25)22(30)28(23(21)31)17-6-4-7-18(13(17)2)29(33)34/h4,6-7,9-10,12,19-21H,3,5,8,11H2,1-2H3,(H,26,32)/t19-,20-,21-,25+/m0/s1. The number of carbonyl (C=O) groups is 3. The molecule has 0 unspecified atom stereocenters. The van der Waals surface area contributed by atoms with Crippen molar-refractivity contribution in [1.82, 2.24) is 4.90 Å². The molecular formula is C25H24N4O5. The summed E-state index contributed by atoms with van der Waals surface area (Å²) in [5.74, 6) is -2.65. The van der Waals surface area contributed by atoms with Gasteiger partial charge in [-0.1, -0.05) is 25.1 Å². The fourth-order valence-corrected chi connectivity index (χ4v) is 6.76. The van der Waals surface area contributed by atoms with Crippen molar-refractivity contribution >= 4 is 34.8 Å². The second-order valence-corrected chi connectivity index (χ2v) is 9.55. The summed E-state index contributed by atoms with van der Waals surface area (Å²) in [5, 5.41) is 14.5. The fourth-order valence-electron chi connectivity index (χ4n) is 6.76. The molecule has 4 aliphatic rings. The first-order valence-electron chi connectivity index (χ1n) is 11.7. The zero-order valence-electron chi connectivity index (χ0n) is 18.9. The van der Waals surface area contributed by atoms with Gasteiger partial charge in [0.2, 0.25) is 17.7 Å². The Kier molecular flexibility index (Phi) is 4.29. The molecule has 4 atom stereocenters. The second kappa shape index (κ2) is 6.96. The number of hydrogen-bond acceptors (Lipinski definition) is 6. The summed E-state index contributed by atoms with van der Waals surface area (Å²) in [4.78, 5) is 55.8. The van der Waals surface area contributed by atoms with E-state index < -0.39 is 28.2 Å². The molecule has 1 N–H and O–H groups in total. The van der Waals surface area contributed by atoms with E-state index >= 15 is 0 Å². The molecule has 34 heavy (non-hydrogen) atoms. The minimum atomic E-state index is -1.25. The largest absolute Gasteiger partial charge is 0.324 e. The molecule has 2 aromatic rings. The smallest absolute Gasteiger partial charge is 0.274 e. The predicted molar refractivity (Wildman–Crippen MR) is 123 cm³/mol. The Morgan fingerprint density at radius 3 is 2.71 bits per heavy atom. The molecule has 9 nitrogen and oxygen atoms in total. The number of nitro benzene ring substituents is 1. The van der Waals surface area contributed by atoms with Gasteiger partial charge in [-0.3, -0.25) is 29.4 Å². The summed E-state index contributed by atoms with van der Waals surface area (Å²) in [6, 6.07) is 10.0. The molecule has 0 bridgehead atoms. The van der Waals surface area contributed by atoms with Gasteiger partial charge in [0, 0.05) is 23.4 Å². The highest BCUT2D eigenvalue weighted by Crippen LogP contribution is 2.61. The summed E-state index contributed by atoms with van der Waals surface area (Å²) in [6.07, 6.45) is 2.34.